The smallest absolute Gasteiger partial charge is 0.0368 e. The van der Waals surface area contributed by atoms with E-state index in [1.807, 2.05) is 0 Å². The number of rotatable bonds is 2. The Labute approximate surface area is 237 Å². The molecule has 8 atom stereocenters. The molecular formula is C37H48N2. The predicted molar refractivity (Wildman–Crippen MR) is 165 cm³/mol. The zero-order valence-corrected chi connectivity index (χ0v) is 23.8. The van der Waals surface area contributed by atoms with Crippen LogP contribution >= 0.6 is 0 Å². The molecule has 3 unspecified atom stereocenters. The van der Waals surface area contributed by atoms with Gasteiger partial charge in [-0.2, -0.15) is 0 Å². The maximum Gasteiger partial charge on any atom is 0.0368 e. The minimum absolute atomic E-state index is 0.623. The van der Waals surface area contributed by atoms with Crippen LogP contribution in [0.25, 0.3) is 0 Å². The highest BCUT2D eigenvalue weighted by Gasteiger charge is 2.46. The van der Waals surface area contributed by atoms with Gasteiger partial charge in [0.2, 0.25) is 0 Å². The van der Waals surface area contributed by atoms with Crippen molar-refractivity contribution in [3.05, 3.63) is 85.0 Å². The Morgan fingerprint density at radius 1 is 0.487 bits per heavy atom. The van der Waals surface area contributed by atoms with E-state index in [1.54, 1.807) is 0 Å². The van der Waals surface area contributed by atoms with Gasteiger partial charge in [0.05, 0.1) is 0 Å². The van der Waals surface area contributed by atoms with Crippen molar-refractivity contribution >= 4 is 11.4 Å². The number of nitrogens with zero attached hydrogens (tertiary/aromatic N) is 2. The summed E-state index contributed by atoms with van der Waals surface area (Å²) in [6.45, 7) is 2.30. The first-order valence-corrected chi connectivity index (χ1v) is 16.4. The molecule has 0 aromatic heterocycles. The minimum Gasteiger partial charge on any atom is -0.368 e. The van der Waals surface area contributed by atoms with E-state index in [1.165, 1.54) is 82.0 Å². The normalized spacial score (nSPS) is 38.3. The lowest BCUT2D eigenvalue weighted by Crippen LogP contribution is -2.43. The third-order valence-electron chi connectivity index (χ3n) is 11.5. The first-order chi connectivity index (χ1) is 19.4. The summed E-state index contributed by atoms with van der Waals surface area (Å²) in [6.07, 6.45) is 25.7. The highest BCUT2D eigenvalue weighted by atomic mass is 15.2. The molecule has 2 aromatic rings. The van der Waals surface area contributed by atoms with Crippen LogP contribution in [0.1, 0.15) is 70.6 Å². The van der Waals surface area contributed by atoms with Crippen molar-refractivity contribution in [2.45, 2.75) is 82.7 Å². The summed E-state index contributed by atoms with van der Waals surface area (Å²) >= 11 is 0. The van der Waals surface area contributed by atoms with Crippen LogP contribution in [0.2, 0.25) is 0 Å². The number of hydrogen-bond donors (Lipinski definition) is 0. The molecule has 1 aliphatic heterocycles. The lowest BCUT2D eigenvalue weighted by atomic mass is 9.77. The summed E-state index contributed by atoms with van der Waals surface area (Å²) in [5, 5.41) is 0. The average Bonchev–Trinajstić information content (AvgIpc) is 3.54. The molecule has 2 nitrogen and oxygen atoms in total. The monoisotopic (exact) mass is 520 g/mol. The molecule has 1 heterocycles. The van der Waals surface area contributed by atoms with E-state index in [0.717, 1.165) is 36.8 Å². The first-order valence-electron chi connectivity index (χ1n) is 16.4. The van der Waals surface area contributed by atoms with E-state index in [0.29, 0.717) is 23.9 Å². The van der Waals surface area contributed by atoms with Crippen molar-refractivity contribution in [3.63, 3.8) is 0 Å². The van der Waals surface area contributed by atoms with Crippen LogP contribution in [0.15, 0.2) is 85.0 Å². The van der Waals surface area contributed by atoms with Crippen LogP contribution < -0.4 is 9.80 Å². The van der Waals surface area contributed by atoms with Crippen LogP contribution in [0.5, 0.6) is 0 Å². The fourth-order valence-corrected chi connectivity index (χ4v) is 9.80. The fraction of sp³-hybridized carbons (Fsp3) is 0.568. The van der Waals surface area contributed by atoms with Gasteiger partial charge in [0, 0.05) is 48.4 Å². The van der Waals surface area contributed by atoms with E-state index in [4.69, 9.17) is 0 Å². The quantitative estimate of drug-likeness (QED) is 0.390. The molecule has 0 spiro atoms. The molecule has 2 aromatic carbocycles. The van der Waals surface area contributed by atoms with Crippen molar-refractivity contribution < 1.29 is 0 Å². The van der Waals surface area contributed by atoms with Crippen LogP contribution in [-0.4, -0.2) is 25.2 Å². The average molecular weight is 521 g/mol. The third kappa shape index (κ3) is 5.09. The largest absolute Gasteiger partial charge is 0.368 e. The van der Waals surface area contributed by atoms with Gasteiger partial charge >= 0.3 is 0 Å². The number of fused-ring (bicyclic) bond motifs is 6. The molecule has 4 fully saturated rings. The molecule has 0 saturated heterocycles. The maximum atomic E-state index is 2.84. The topological polar surface area (TPSA) is 6.48 Å². The zero-order chi connectivity index (χ0) is 26.0. The molecule has 7 rings (SSSR count). The van der Waals surface area contributed by atoms with Crippen LogP contribution in [0, 0.1) is 35.5 Å². The van der Waals surface area contributed by atoms with Gasteiger partial charge < -0.3 is 9.80 Å². The Balaban J connectivity index is 1.26. The summed E-state index contributed by atoms with van der Waals surface area (Å²) in [7, 11) is 0. The van der Waals surface area contributed by atoms with Gasteiger partial charge in [-0.05, 0) is 80.0 Å². The summed E-state index contributed by atoms with van der Waals surface area (Å²) in [5.41, 5.74) is 2.86. The van der Waals surface area contributed by atoms with Gasteiger partial charge in [0.1, 0.15) is 0 Å². The minimum atomic E-state index is 0.623. The van der Waals surface area contributed by atoms with Gasteiger partial charge in [0.25, 0.3) is 0 Å². The second-order valence-corrected chi connectivity index (χ2v) is 13.4. The van der Waals surface area contributed by atoms with Gasteiger partial charge in [-0.3, -0.25) is 0 Å². The maximum absolute atomic E-state index is 2.84. The number of para-hydroxylation sites is 2. The highest BCUT2D eigenvalue weighted by molar-refractivity contribution is 5.50. The van der Waals surface area contributed by atoms with Gasteiger partial charge in [0.15, 0.2) is 0 Å². The number of allylic oxidation sites excluding steroid dienone is 2. The Bertz CT molecular complexity index is 1030. The molecule has 206 valence electrons. The van der Waals surface area contributed by atoms with Crippen molar-refractivity contribution in [2.75, 3.05) is 22.9 Å². The zero-order valence-electron chi connectivity index (χ0n) is 23.8. The lowest BCUT2D eigenvalue weighted by Gasteiger charge is -2.38. The molecule has 0 N–H and O–H groups in total. The summed E-state index contributed by atoms with van der Waals surface area (Å²) in [4.78, 5) is 5.67. The van der Waals surface area contributed by atoms with E-state index in [9.17, 15) is 0 Å². The predicted octanol–water partition coefficient (Wildman–Crippen LogP) is 8.91. The number of hydrogen-bond acceptors (Lipinski definition) is 2. The van der Waals surface area contributed by atoms with Crippen LogP contribution in [0.4, 0.5) is 11.4 Å². The van der Waals surface area contributed by atoms with Gasteiger partial charge in [-0.1, -0.05) is 99.2 Å². The molecule has 5 aliphatic rings. The SMILES string of the molecule is C1=C/[C@@H]2C3CCCC[C@@H]3CC2N(c2ccccc2)CCCN(c2ccccc2)[C@H]2CC3CCCC[C@@H]3[C@H]2/C=C/1. The first kappa shape index (κ1) is 25.5. The van der Waals surface area contributed by atoms with Gasteiger partial charge in [-0.25, -0.2) is 0 Å². The van der Waals surface area contributed by atoms with Crippen LogP contribution in [0.3, 0.4) is 0 Å². The van der Waals surface area contributed by atoms with Crippen molar-refractivity contribution in [2.24, 2.45) is 35.5 Å². The molecule has 4 saturated carbocycles. The van der Waals surface area contributed by atoms with E-state index in [2.05, 4.69) is 94.8 Å². The number of benzene rings is 2. The summed E-state index contributed by atoms with van der Waals surface area (Å²) in [6, 6.07) is 24.1. The second kappa shape index (κ2) is 11.6. The van der Waals surface area contributed by atoms with Crippen molar-refractivity contribution in [1.82, 2.24) is 0 Å². The van der Waals surface area contributed by atoms with E-state index >= 15 is 0 Å². The Morgan fingerprint density at radius 3 is 1.38 bits per heavy atom. The van der Waals surface area contributed by atoms with Gasteiger partial charge in [-0.15, -0.1) is 0 Å². The Morgan fingerprint density at radius 2 is 0.923 bits per heavy atom. The Hall–Kier alpha value is -2.48. The molecule has 0 amide bonds. The molecular weight excluding hydrogens is 472 g/mol. The van der Waals surface area contributed by atoms with Crippen LogP contribution in [-0.2, 0) is 0 Å². The standard InChI is InChI=1S/C37H48N2/c1-3-16-30(17-4-1)38-24-13-25-39(31-18-5-2-6-19-31)37-27-29-15-8-10-21-33(29)35(37)23-12-11-22-34-32-20-9-7-14-28(32)26-36(34)38/h1-6,11-12,16-19,22-23,28-29,32-37H,7-10,13-15,20-21,24-27H2/b22-11+,23-12+/t28-,29?,32?,33+,34-,35-,36?,37+/m1/s1. The molecule has 0 bridgehead atoms. The molecule has 39 heavy (non-hydrogen) atoms. The second-order valence-electron chi connectivity index (χ2n) is 13.4. The van der Waals surface area contributed by atoms with E-state index in [-0.39, 0.29) is 0 Å². The summed E-state index contributed by atoms with van der Waals surface area (Å²) < 4.78 is 0. The molecule has 4 aliphatic carbocycles. The summed E-state index contributed by atoms with van der Waals surface area (Å²) in [5.74, 6) is 4.90. The molecule has 2 heteroatoms. The fourth-order valence-electron chi connectivity index (χ4n) is 9.80. The Kier molecular flexibility index (Phi) is 7.55. The highest BCUT2D eigenvalue weighted by Crippen LogP contribution is 2.51. The molecule has 0 radical (unpaired) electrons. The van der Waals surface area contributed by atoms with Crippen molar-refractivity contribution in [1.29, 1.82) is 0 Å². The van der Waals surface area contributed by atoms with Crippen molar-refractivity contribution in [3.8, 4) is 0 Å². The lowest BCUT2D eigenvalue weighted by molar-refractivity contribution is 0.248. The van der Waals surface area contributed by atoms with E-state index < -0.39 is 0 Å². The number of anilines is 2. The third-order valence-corrected chi connectivity index (χ3v) is 11.5.